The Kier molecular flexibility index (Phi) is 7.84. The van der Waals surface area contributed by atoms with Gasteiger partial charge in [-0.25, -0.2) is 0 Å². The zero-order chi connectivity index (χ0) is 20.5. The topological polar surface area (TPSA) is 80.3 Å². The van der Waals surface area contributed by atoms with E-state index in [1.807, 2.05) is 6.08 Å². The first-order valence-electron chi connectivity index (χ1n) is 9.70. The normalized spacial score (nSPS) is 17.9. The Labute approximate surface area is 170 Å². The van der Waals surface area contributed by atoms with Gasteiger partial charge < -0.3 is 23.7 Å². The quantitative estimate of drug-likeness (QED) is 0.320. The summed E-state index contributed by atoms with van der Waals surface area (Å²) in [6.45, 7) is 2.11. The molecule has 3 rings (SSSR count). The first kappa shape index (κ1) is 21.1. The highest BCUT2D eigenvalue weighted by atomic mass is 16.7. The van der Waals surface area contributed by atoms with E-state index in [9.17, 15) is 9.59 Å². The second-order valence-corrected chi connectivity index (χ2v) is 6.73. The Bertz CT molecular complexity index is 764. The van der Waals surface area contributed by atoms with Gasteiger partial charge in [-0.05, 0) is 30.3 Å². The molecule has 1 heterocycles. The highest BCUT2D eigenvalue weighted by Crippen LogP contribution is 2.29. The van der Waals surface area contributed by atoms with Gasteiger partial charge in [0.25, 0.3) is 0 Å². The molecule has 0 spiro atoms. The molecular weight excluding hydrogens is 376 g/mol. The Balaban J connectivity index is 1.41. The maximum atomic E-state index is 12.5. The number of carbonyl (C=O) groups excluding carboxylic acids is 2. The lowest BCUT2D eigenvalue weighted by atomic mass is 9.90. The number of allylic oxidation sites excluding steroid dienone is 3. The number of rotatable bonds is 11. The average molecular weight is 402 g/mol. The number of carbonyl (C=O) groups is 2. The van der Waals surface area contributed by atoms with Crippen molar-refractivity contribution < 1.29 is 33.3 Å². The molecule has 0 aromatic heterocycles. The number of methoxy groups -OCH3 is 1. The van der Waals surface area contributed by atoms with Crippen molar-refractivity contribution in [1.29, 1.82) is 0 Å². The van der Waals surface area contributed by atoms with E-state index in [1.54, 1.807) is 37.5 Å². The SMILES string of the molecule is COCCOCOc1ccc(C(=O)CCC(=O)C2C=CC3=C(C2)OCCO3)cc1. The predicted molar refractivity (Wildman–Crippen MR) is 105 cm³/mol. The van der Waals surface area contributed by atoms with Crippen LogP contribution in [0.5, 0.6) is 5.75 Å². The van der Waals surface area contributed by atoms with Gasteiger partial charge in [0.15, 0.2) is 18.3 Å². The largest absolute Gasteiger partial charge is 0.490 e. The molecule has 1 aliphatic carbocycles. The average Bonchev–Trinajstić information content (AvgIpc) is 2.77. The van der Waals surface area contributed by atoms with Crippen LogP contribution >= 0.6 is 0 Å². The van der Waals surface area contributed by atoms with Crippen LogP contribution in [0.4, 0.5) is 0 Å². The van der Waals surface area contributed by atoms with E-state index in [4.69, 9.17) is 23.7 Å². The van der Waals surface area contributed by atoms with Crippen LogP contribution in [0.1, 0.15) is 29.6 Å². The van der Waals surface area contributed by atoms with Crippen LogP contribution in [0, 0.1) is 5.92 Å². The maximum absolute atomic E-state index is 12.5. The third-order valence-electron chi connectivity index (χ3n) is 4.71. The van der Waals surface area contributed by atoms with Gasteiger partial charge in [0.2, 0.25) is 0 Å². The van der Waals surface area contributed by atoms with Gasteiger partial charge in [-0.15, -0.1) is 0 Å². The molecule has 2 aliphatic rings. The fourth-order valence-electron chi connectivity index (χ4n) is 3.08. The Morgan fingerprint density at radius 3 is 2.66 bits per heavy atom. The van der Waals surface area contributed by atoms with Crippen molar-refractivity contribution in [2.75, 3.05) is 40.3 Å². The molecule has 1 aliphatic heterocycles. The Hall–Kier alpha value is -2.64. The van der Waals surface area contributed by atoms with Crippen LogP contribution in [0.3, 0.4) is 0 Å². The van der Waals surface area contributed by atoms with Crippen molar-refractivity contribution in [1.82, 2.24) is 0 Å². The molecule has 0 N–H and O–H groups in total. The molecule has 29 heavy (non-hydrogen) atoms. The van der Waals surface area contributed by atoms with Crippen molar-refractivity contribution in [2.24, 2.45) is 5.92 Å². The minimum atomic E-state index is -0.267. The van der Waals surface area contributed by atoms with Crippen molar-refractivity contribution in [3.63, 3.8) is 0 Å². The van der Waals surface area contributed by atoms with Crippen LogP contribution in [-0.4, -0.2) is 51.9 Å². The summed E-state index contributed by atoms with van der Waals surface area (Å²) < 4.78 is 26.6. The summed E-state index contributed by atoms with van der Waals surface area (Å²) in [7, 11) is 1.60. The summed E-state index contributed by atoms with van der Waals surface area (Å²) in [4.78, 5) is 24.9. The van der Waals surface area contributed by atoms with Crippen LogP contribution in [0.2, 0.25) is 0 Å². The fourth-order valence-corrected chi connectivity index (χ4v) is 3.08. The molecule has 0 saturated heterocycles. The highest BCUT2D eigenvalue weighted by molar-refractivity contribution is 5.98. The Morgan fingerprint density at radius 1 is 1.07 bits per heavy atom. The van der Waals surface area contributed by atoms with Gasteiger partial charge in [-0.1, -0.05) is 6.08 Å². The van der Waals surface area contributed by atoms with E-state index in [0.29, 0.717) is 49.9 Å². The van der Waals surface area contributed by atoms with Crippen molar-refractivity contribution >= 4 is 11.6 Å². The molecule has 156 valence electrons. The highest BCUT2D eigenvalue weighted by Gasteiger charge is 2.26. The van der Waals surface area contributed by atoms with Gasteiger partial charge in [-0.2, -0.15) is 0 Å². The van der Waals surface area contributed by atoms with Gasteiger partial charge in [-0.3, -0.25) is 9.59 Å². The number of ether oxygens (including phenoxy) is 5. The lowest BCUT2D eigenvalue weighted by Gasteiger charge is -2.25. The third kappa shape index (κ3) is 6.17. The first-order chi connectivity index (χ1) is 14.2. The van der Waals surface area contributed by atoms with Gasteiger partial charge in [0, 0.05) is 37.9 Å². The molecule has 0 fully saturated rings. The van der Waals surface area contributed by atoms with Crippen molar-refractivity contribution in [2.45, 2.75) is 19.3 Å². The number of ketones is 2. The van der Waals surface area contributed by atoms with Gasteiger partial charge >= 0.3 is 0 Å². The monoisotopic (exact) mass is 402 g/mol. The van der Waals surface area contributed by atoms with Gasteiger partial charge in [0.05, 0.1) is 13.2 Å². The molecule has 0 saturated carbocycles. The van der Waals surface area contributed by atoms with Crippen LogP contribution in [-0.2, 0) is 23.7 Å². The molecule has 1 aromatic carbocycles. The number of Topliss-reactive ketones (excluding diaryl/α,β-unsaturated/α-hetero) is 2. The lowest BCUT2D eigenvalue weighted by Crippen LogP contribution is -2.22. The minimum absolute atomic E-state index is 0.0310. The molecule has 0 radical (unpaired) electrons. The van der Waals surface area contributed by atoms with E-state index in [1.165, 1.54) is 0 Å². The predicted octanol–water partition coefficient (Wildman–Crippen LogP) is 3.05. The standard InChI is InChI=1S/C22H26O7/c1-25-10-11-26-15-29-18-5-2-16(3-6-18)19(23)7-8-20(24)17-4-9-21-22(14-17)28-13-12-27-21/h2-6,9,17H,7-8,10-15H2,1H3. The molecule has 7 heteroatoms. The lowest BCUT2D eigenvalue weighted by molar-refractivity contribution is -0.121. The number of benzene rings is 1. The van der Waals surface area contributed by atoms with Crippen molar-refractivity contribution in [3.8, 4) is 5.75 Å². The fraction of sp³-hybridized carbons (Fsp3) is 0.455. The van der Waals surface area contributed by atoms with Crippen LogP contribution in [0.25, 0.3) is 0 Å². The van der Waals surface area contributed by atoms with E-state index >= 15 is 0 Å². The third-order valence-corrected chi connectivity index (χ3v) is 4.71. The number of hydrogen-bond donors (Lipinski definition) is 0. The number of hydrogen-bond acceptors (Lipinski definition) is 7. The maximum Gasteiger partial charge on any atom is 0.189 e. The zero-order valence-corrected chi connectivity index (χ0v) is 16.6. The molecule has 7 nitrogen and oxygen atoms in total. The van der Waals surface area contributed by atoms with Crippen molar-refractivity contribution in [3.05, 3.63) is 53.5 Å². The van der Waals surface area contributed by atoms with Gasteiger partial charge in [0.1, 0.15) is 30.5 Å². The van der Waals surface area contributed by atoms with E-state index in [0.717, 1.165) is 5.76 Å². The molecule has 1 atom stereocenters. The van der Waals surface area contributed by atoms with Crippen LogP contribution in [0.15, 0.2) is 47.9 Å². The summed E-state index contributed by atoms with van der Waals surface area (Å²) in [6, 6.07) is 6.82. The first-order valence-corrected chi connectivity index (χ1v) is 9.70. The summed E-state index contributed by atoms with van der Waals surface area (Å²) in [5.74, 6) is 1.74. The minimum Gasteiger partial charge on any atom is -0.490 e. The summed E-state index contributed by atoms with van der Waals surface area (Å²) in [5, 5.41) is 0. The zero-order valence-electron chi connectivity index (χ0n) is 16.6. The van der Waals surface area contributed by atoms with E-state index < -0.39 is 0 Å². The summed E-state index contributed by atoms with van der Waals surface area (Å²) in [5.41, 5.74) is 0.554. The second kappa shape index (κ2) is 10.8. The Morgan fingerprint density at radius 2 is 1.86 bits per heavy atom. The molecule has 1 aromatic rings. The summed E-state index contributed by atoms with van der Waals surface area (Å²) >= 11 is 0. The molecule has 1 unspecified atom stereocenters. The second-order valence-electron chi connectivity index (χ2n) is 6.73. The van der Waals surface area contributed by atoms with E-state index in [2.05, 4.69) is 0 Å². The molecular formula is C22H26O7. The molecule has 0 bridgehead atoms. The summed E-state index contributed by atoms with van der Waals surface area (Å²) in [6.07, 6.45) is 4.49. The molecule has 0 amide bonds. The van der Waals surface area contributed by atoms with Crippen LogP contribution < -0.4 is 4.74 Å². The van der Waals surface area contributed by atoms with E-state index in [-0.39, 0.29) is 37.1 Å². The smallest absolute Gasteiger partial charge is 0.189 e.